The van der Waals surface area contributed by atoms with Crippen molar-refractivity contribution in [2.45, 2.75) is 37.6 Å². The maximum Gasteiger partial charge on any atom is 0.241 e. The molecule has 0 unspecified atom stereocenters. The molecule has 0 spiro atoms. The third kappa shape index (κ3) is 4.07. The second-order valence-corrected chi connectivity index (χ2v) is 7.17. The number of benzene rings is 1. The van der Waals surface area contributed by atoms with Gasteiger partial charge in [-0.3, -0.25) is 0 Å². The van der Waals surface area contributed by atoms with E-state index in [0.29, 0.717) is 17.7 Å². The Morgan fingerprint density at radius 2 is 2.00 bits per heavy atom. The highest BCUT2D eigenvalue weighted by Crippen LogP contribution is 2.27. The van der Waals surface area contributed by atoms with Crippen molar-refractivity contribution in [3.8, 4) is 0 Å². The van der Waals surface area contributed by atoms with Gasteiger partial charge >= 0.3 is 0 Å². The fourth-order valence-corrected chi connectivity index (χ4v) is 3.74. The molecule has 1 aromatic rings. The summed E-state index contributed by atoms with van der Waals surface area (Å²) in [7, 11) is -3.74. The molecule has 0 aliphatic carbocycles. The Bertz CT molecular complexity index is 571. The lowest BCUT2D eigenvalue weighted by Crippen LogP contribution is -2.44. The van der Waals surface area contributed by atoms with Crippen molar-refractivity contribution in [1.29, 1.82) is 0 Å². The van der Waals surface area contributed by atoms with Crippen molar-refractivity contribution in [2.75, 3.05) is 12.3 Å². The van der Waals surface area contributed by atoms with E-state index in [1.807, 2.05) is 0 Å². The van der Waals surface area contributed by atoms with E-state index in [1.165, 1.54) is 12.1 Å². The van der Waals surface area contributed by atoms with Crippen LogP contribution in [0, 0.1) is 6.92 Å². The average molecular weight is 307 g/mol. The SMILES string of the molecule is Cc1c(N)cc(Cl)cc1S(=O)(=O)NC(C)(C)CCO. The first-order chi connectivity index (χ1) is 8.59. The minimum Gasteiger partial charge on any atom is -0.398 e. The van der Waals surface area contributed by atoms with Crippen LogP contribution in [0.3, 0.4) is 0 Å². The van der Waals surface area contributed by atoms with Gasteiger partial charge in [0.25, 0.3) is 0 Å². The van der Waals surface area contributed by atoms with Gasteiger partial charge in [-0.15, -0.1) is 0 Å². The topological polar surface area (TPSA) is 92.4 Å². The van der Waals surface area contributed by atoms with Crippen molar-refractivity contribution in [3.63, 3.8) is 0 Å². The maximum absolute atomic E-state index is 12.3. The monoisotopic (exact) mass is 306 g/mol. The van der Waals surface area contributed by atoms with Crippen LogP contribution in [0.15, 0.2) is 17.0 Å². The standard InChI is InChI=1S/C12H19ClN2O3S/c1-8-10(14)6-9(13)7-11(8)19(17,18)15-12(2,3)4-5-16/h6-7,15-16H,4-5,14H2,1-3H3. The van der Waals surface area contributed by atoms with Crippen molar-refractivity contribution < 1.29 is 13.5 Å². The third-order valence-corrected chi connectivity index (χ3v) is 4.84. The molecule has 0 bridgehead atoms. The summed E-state index contributed by atoms with van der Waals surface area (Å²) in [6.45, 7) is 4.92. The number of hydrogen-bond acceptors (Lipinski definition) is 4. The van der Waals surface area contributed by atoms with Gasteiger partial charge in [0.1, 0.15) is 0 Å². The number of halogens is 1. The van der Waals surface area contributed by atoms with E-state index in [4.69, 9.17) is 22.4 Å². The first kappa shape index (κ1) is 16.2. The Morgan fingerprint density at radius 1 is 1.42 bits per heavy atom. The summed E-state index contributed by atoms with van der Waals surface area (Å²) >= 11 is 5.85. The molecule has 0 aliphatic heterocycles. The summed E-state index contributed by atoms with van der Waals surface area (Å²) in [5, 5.41) is 9.20. The molecular formula is C12H19ClN2O3S. The molecule has 0 radical (unpaired) electrons. The minimum absolute atomic E-state index is 0.0588. The summed E-state index contributed by atoms with van der Waals surface area (Å²) in [5.41, 5.74) is 5.75. The first-order valence-electron chi connectivity index (χ1n) is 5.79. The Hall–Kier alpha value is -0.820. The highest BCUT2D eigenvalue weighted by atomic mass is 35.5. The van der Waals surface area contributed by atoms with Gasteiger partial charge < -0.3 is 10.8 Å². The predicted molar refractivity (Wildman–Crippen MR) is 76.7 cm³/mol. The van der Waals surface area contributed by atoms with Crippen molar-refractivity contribution in [1.82, 2.24) is 4.72 Å². The molecule has 19 heavy (non-hydrogen) atoms. The van der Waals surface area contributed by atoms with E-state index in [9.17, 15) is 8.42 Å². The molecule has 0 aromatic heterocycles. The van der Waals surface area contributed by atoms with E-state index in [-0.39, 0.29) is 16.5 Å². The molecule has 0 saturated carbocycles. The largest absolute Gasteiger partial charge is 0.398 e. The number of nitrogens with one attached hydrogen (secondary N) is 1. The molecule has 0 aliphatic rings. The number of rotatable bonds is 5. The van der Waals surface area contributed by atoms with Crippen LogP contribution in [-0.2, 0) is 10.0 Å². The molecule has 0 amide bonds. The molecule has 7 heteroatoms. The van der Waals surface area contributed by atoms with Gasteiger partial charge in [0, 0.05) is 22.9 Å². The van der Waals surface area contributed by atoms with Crippen molar-refractivity contribution in [2.24, 2.45) is 0 Å². The number of nitrogens with two attached hydrogens (primary N) is 1. The second kappa shape index (κ2) is 5.66. The zero-order valence-electron chi connectivity index (χ0n) is 11.2. The summed E-state index contributed by atoms with van der Waals surface area (Å²) in [6.07, 6.45) is 0.307. The Labute approximate surface area is 118 Å². The van der Waals surface area contributed by atoms with Crippen molar-refractivity contribution in [3.05, 3.63) is 22.7 Å². The van der Waals surface area contributed by atoms with Gasteiger partial charge in [-0.1, -0.05) is 11.6 Å². The van der Waals surface area contributed by atoms with Gasteiger partial charge in [0.05, 0.1) is 4.90 Å². The number of aliphatic hydroxyl groups is 1. The molecule has 0 atom stereocenters. The molecule has 108 valence electrons. The lowest BCUT2D eigenvalue weighted by Gasteiger charge is -2.25. The minimum atomic E-state index is -3.74. The first-order valence-corrected chi connectivity index (χ1v) is 7.65. The zero-order chi connectivity index (χ0) is 14.8. The number of sulfonamides is 1. The Balaban J connectivity index is 3.22. The van der Waals surface area contributed by atoms with Gasteiger partial charge in [-0.2, -0.15) is 0 Å². The normalized spacial score (nSPS) is 12.7. The quantitative estimate of drug-likeness (QED) is 0.721. The van der Waals surface area contributed by atoms with Crippen LogP contribution in [0.4, 0.5) is 5.69 Å². The highest BCUT2D eigenvalue weighted by molar-refractivity contribution is 7.89. The number of anilines is 1. The lowest BCUT2D eigenvalue weighted by atomic mass is 10.0. The molecule has 5 nitrogen and oxygen atoms in total. The fraction of sp³-hybridized carbons (Fsp3) is 0.500. The van der Waals surface area contributed by atoms with Crippen LogP contribution < -0.4 is 10.5 Å². The van der Waals surface area contributed by atoms with Gasteiger partial charge in [0.2, 0.25) is 10.0 Å². The average Bonchev–Trinajstić information content (AvgIpc) is 2.21. The number of aliphatic hydroxyl groups excluding tert-OH is 1. The summed E-state index contributed by atoms with van der Waals surface area (Å²) < 4.78 is 27.2. The van der Waals surface area contributed by atoms with Crippen LogP contribution in [0.1, 0.15) is 25.8 Å². The number of hydrogen-bond donors (Lipinski definition) is 3. The zero-order valence-corrected chi connectivity index (χ0v) is 12.8. The Kier molecular flexibility index (Phi) is 4.84. The van der Waals surface area contributed by atoms with E-state index in [0.717, 1.165) is 0 Å². The third-order valence-electron chi connectivity index (χ3n) is 2.80. The predicted octanol–water partition coefficient (Wildman–Crippen LogP) is 1.67. The number of nitrogen functional groups attached to an aromatic ring is 1. The lowest BCUT2D eigenvalue weighted by molar-refractivity contribution is 0.245. The second-order valence-electron chi connectivity index (χ2n) is 5.08. The summed E-state index contributed by atoms with van der Waals surface area (Å²) in [6, 6.07) is 2.87. The molecule has 0 fully saturated rings. The van der Waals surface area contributed by atoms with Crippen LogP contribution in [0.25, 0.3) is 0 Å². The summed E-state index contributed by atoms with van der Waals surface area (Å²) in [4.78, 5) is 0.0588. The summed E-state index contributed by atoms with van der Waals surface area (Å²) in [5.74, 6) is 0. The van der Waals surface area contributed by atoms with E-state index < -0.39 is 15.6 Å². The molecule has 0 saturated heterocycles. The van der Waals surface area contributed by atoms with Crippen molar-refractivity contribution >= 4 is 27.3 Å². The smallest absolute Gasteiger partial charge is 0.241 e. The van der Waals surface area contributed by atoms with Gasteiger partial charge in [-0.05, 0) is 44.9 Å². The molecule has 4 N–H and O–H groups in total. The Morgan fingerprint density at radius 3 is 2.53 bits per heavy atom. The van der Waals surface area contributed by atoms with Crippen LogP contribution in [0.2, 0.25) is 5.02 Å². The highest BCUT2D eigenvalue weighted by Gasteiger charge is 2.27. The van der Waals surface area contributed by atoms with Crippen LogP contribution in [0.5, 0.6) is 0 Å². The van der Waals surface area contributed by atoms with Crippen LogP contribution >= 0.6 is 11.6 Å². The fourth-order valence-electron chi connectivity index (χ4n) is 1.70. The van der Waals surface area contributed by atoms with Gasteiger partial charge in [0.15, 0.2) is 0 Å². The molecular weight excluding hydrogens is 288 g/mol. The van der Waals surface area contributed by atoms with Crippen LogP contribution in [-0.4, -0.2) is 25.7 Å². The molecule has 1 aromatic carbocycles. The molecule has 0 heterocycles. The molecule has 1 rings (SSSR count). The van der Waals surface area contributed by atoms with E-state index in [1.54, 1.807) is 20.8 Å². The van der Waals surface area contributed by atoms with E-state index >= 15 is 0 Å². The van der Waals surface area contributed by atoms with E-state index in [2.05, 4.69) is 4.72 Å². The maximum atomic E-state index is 12.3. The van der Waals surface area contributed by atoms with Gasteiger partial charge in [-0.25, -0.2) is 13.1 Å².